The number of alkyl halides is 3. The number of nitrogens with one attached hydrogen (secondary N) is 1. The van der Waals surface area contributed by atoms with Crippen LogP contribution in [-0.2, 0) is 27.0 Å². The van der Waals surface area contributed by atoms with Gasteiger partial charge < -0.3 is 14.6 Å². The molecule has 0 unspecified atom stereocenters. The number of esters is 1. The number of carbonyl (C=O) groups is 2. The summed E-state index contributed by atoms with van der Waals surface area (Å²) in [6, 6.07) is 18.8. The first-order chi connectivity index (χ1) is 14.8. The number of benzene rings is 3. The molecule has 0 bridgehead atoms. The van der Waals surface area contributed by atoms with E-state index in [1.54, 1.807) is 24.3 Å². The lowest BCUT2D eigenvalue weighted by atomic mass is 10.1. The molecule has 0 fully saturated rings. The molecule has 0 radical (unpaired) electrons. The predicted octanol–water partition coefficient (Wildman–Crippen LogP) is 4.39. The van der Waals surface area contributed by atoms with Crippen molar-refractivity contribution >= 4 is 39.4 Å². The summed E-state index contributed by atoms with van der Waals surface area (Å²) in [5.41, 5.74) is 0.767. The Bertz CT molecular complexity index is 1280. The summed E-state index contributed by atoms with van der Waals surface area (Å²) in [6.45, 7) is -1.35. The zero-order valence-electron chi connectivity index (χ0n) is 16.0. The Morgan fingerprint density at radius 3 is 2.45 bits per heavy atom. The van der Waals surface area contributed by atoms with Crippen molar-refractivity contribution in [3.63, 3.8) is 0 Å². The van der Waals surface area contributed by atoms with Crippen LogP contribution in [0.25, 0.3) is 21.8 Å². The van der Waals surface area contributed by atoms with Gasteiger partial charge in [-0.15, -0.1) is 0 Å². The maximum atomic E-state index is 13.3. The van der Waals surface area contributed by atoms with E-state index in [0.717, 1.165) is 15.3 Å². The fourth-order valence-electron chi connectivity index (χ4n) is 3.24. The van der Waals surface area contributed by atoms with Gasteiger partial charge in [0.1, 0.15) is 6.54 Å². The number of imidazole rings is 1. The van der Waals surface area contributed by atoms with Crippen molar-refractivity contribution < 1.29 is 27.5 Å². The van der Waals surface area contributed by atoms with Crippen molar-refractivity contribution in [3.8, 4) is 0 Å². The third-order valence-electron chi connectivity index (χ3n) is 4.59. The number of para-hydroxylation sites is 2. The van der Waals surface area contributed by atoms with Crippen molar-refractivity contribution in [1.82, 2.24) is 9.55 Å². The molecule has 4 aromatic rings. The summed E-state index contributed by atoms with van der Waals surface area (Å²) in [5, 5.41) is 4.52. The maximum absolute atomic E-state index is 13.3. The lowest BCUT2D eigenvalue weighted by Gasteiger charge is -2.11. The fraction of sp³-hybridized carbons (Fsp3) is 0.136. The van der Waals surface area contributed by atoms with Crippen molar-refractivity contribution in [2.75, 3.05) is 11.9 Å². The summed E-state index contributed by atoms with van der Waals surface area (Å²) < 4.78 is 45.5. The highest BCUT2D eigenvalue weighted by Gasteiger charge is 2.38. The van der Waals surface area contributed by atoms with Crippen LogP contribution in [0.4, 0.5) is 18.9 Å². The van der Waals surface area contributed by atoms with Gasteiger partial charge in [-0.25, -0.2) is 4.98 Å². The number of nitrogens with zero attached hydrogens (tertiary/aromatic N) is 2. The molecule has 0 saturated carbocycles. The summed E-state index contributed by atoms with van der Waals surface area (Å²) in [4.78, 5) is 27.8. The van der Waals surface area contributed by atoms with Crippen LogP contribution in [-0.4, -0.2) is 28.0 Å². The van der Waals surface area contributed by atoms with Crippen molar-refractivity contribution in [1.29, 1.82) is 0 Å². The Hall–Kier alpha value is -3.88. The summed E-state index contributed by atoms with van der Waals surface area (Å²) in [6.07, 6.45) is -4.74. The van der Waals surface area contributed by atoms with Crippen LogP contribution in [0, 0.1) is 0 Å². The molecule has 1 heterocycles. The lowest BCUT2D eigenvalue weighted by Crippen LogP contribution is -2.24. The Kier molecular flexibility index (Phi) is 5.33. The van der Waals surface area contributed by atoms with Gasteiger partial charge in [0, 0.05) is 5.69 Å². The largest absolute Gasteiger partial charge is 0.454 e. The highest BCUT2D eigenvalue weighted by Crippen LogP contribution is 2.31. The topological polar surface area (TPSA) is 73.2 Å². The first kappa shape index (κ1) is 20.4. The molecule has 0 atom stereocenters. The van der Waals surface area contributed by atoms with Crippen LogP contribution >= 0.6 is 0 Å². The molecule has 9 heteroatoms. The number of hydrogen-bond acceptors (Lipinski definition) is 4. The standard InChI is InChI=1S/C22H16F3N3O3/c23-22(24,25)21-27-17-7-3-4-8-18(17)28(21)12-20(30)31-13-19(29)26-16-10-9-14-5-1-2-6-15(14)11-16/h1-11H,12-13H2,(H,26,29). The molecular weight excluding hydrogens is 411 g/mol. The SMILES string of the molecule is O=C(COC(=O)Cn1c(C(F)(F)F)nc2ccccc21)Nc1ccc2ccccc2c1. The van der Waals surface area contributed by atoms with Crippen LogP contribution < -0.4 is 5.32 Å². The molecule has 0 aliphatic heterocycles. The molecule has 1 N–H and O–H groups in total. The molecule has 1 amide bonds. The predicted molar refractivity (Wildman–Crippen MR) is 108 cm³/mol. The molecule has 4 rings (SSSR count). The molecule has 3 aromatic carbocycles. The van der Waals surface area contributed by atoms with E-state index in [0.29, 0.717) is 5.69 Å². The Morgan fingerprint density at radius 1 is 0.968 bits per heavy atom. The first-order valence-electron chi connectivity index (χ1n) is 9.28. The summed E-state index contributed by atoms with van der Waals surface area (Å²) >= 11 is 0. The zero-order chi connectivity index (χ0) is 22.0. The first-order valence-corrected chi connectivity index (χ1v) is 9.28. The molecule has 1 aromatic heterocycles. The Balaban J connectivity index is 1.41. The van der Waals surface area contributed by atoms with Gasteiger partial charge in [0.15, 0.2) is 6.61 Å². The average molecular weight is 427 g/mol. The average Bonchev–Trinajstić information content (AvgIpc) is 3.11. The lowest BCUT2D eigenvalue weighted by molar-refractivity contribution is -0.152. The minimum absolute atomic E-state index is 0.108. The van der Waals surface area contributed by atoms with Gasteiger partial charge >= 0.3 is 12.1 Å². The van der Waals surface area contributed by atoms with Crippen LogP contribution in [0.5, 0.6) is 0 Å². The van der Waals surface area contributed by atoms with E-state index < -0.39 is 37.0 Å². The van der Waals surface area contributed by atoms with Gasteiger partial charge in [-0.1, -0.05) is 42.5 Å². The molecule has 6 nitrogen and oxygen atoms in total. The minimum Gasteiger partial charge on any atom is -0.454 e. The quantitative estimate of drug-likeness (QED) is 0.480. The molecule has 0 spiro atoms. The van der Waals surface area contributed by atoms with Gasteiger partial charge in [-0.2, -0.15) is 13.2 Å². The monoisotopic (exact) mass is 427 g/mol. The number of amides is 1. The van der Waals surface area contributed by atoms with E-state index in [1.807, 2.05) is 30.3 Å². The molecule has 0 saturated heterocycles. The third-order valence-corrected chi connectivity index (χ3v) is 4.59. The van der Waals surface area contributed by atoms with Crippen molar-refractivity contribution in [2.45, 2.75) is 12.7 Å². The Labute approximate surface area is 174 Å². The van der Waals surface area contributed by atoms with Gasteiger partial charge in [0.2, 0.25) is 5.82 Å². The minimum atomic E-state index is -4.74. The summed E-state index contributed by atoms with van der Waals surface area (Å²) in [5.74, 6) is -2.79. The molecule has 0 aliphatic rings. The molecular formula is C22H16F3N3O3. The number of fused-ring (bicyclic) bond motifs is 2. The second-order valence-corrected chi connectivity index (χ2v) is 6.78. The van der Waals surface area contributed by atoms with Crippen molar-refractivity contribution in [2.24, 2.45) is 0 Å². The highest BCUT2D eigenvalue weighted by molar-refractivity contribution is 5.95. The third kappa shape index (κ3) is 4.50. The van der Waals surface area contributed by atoms with Gasteiger partial charge in [0.25, 0.3) is 5.91 Å². The van der Waals surface area contributed by atoms with E-state index >= 15 is 0 Å². The van der Waals surface area contributed by atoms with Crippen LogP contribution in [0.3, 0.4) is 0 Å². The van der Waals surface area contributed by atoms with E-state index in [-0.39, 0.29) is 11.0 Å². The van der Waals surface area contributed by atoms with E-state index in [1.165, 1.54) is 12.1 Å². The normalized spacial score (nSPS) is 11.6. The number of halogens is 3. The summed E-state index contributed by atoms with van der Waals surface area (Å²) in [7, 11) is 0. The molecule has 0 aliphatic carbocycles. The van der Waals surface area contributed by atoms with Gasteiger partial charge in [-0.05, 0) is 35.0 Å². The number of aromatic nitrogens is 2. The van der Waals surface area contributed by atoms with Crippen molar-refractivity contribution in [3.05, 3.63) is 72.6 Å². The number of ether oxygens (including phenoxy) is 1. The second kappa shape index (κ2) is 8.10. The van der Waals surface area contributed by atoms with Gasteiger partial charge in [-0.3, -0.25) is 9.59 Å². The second-order valence-electron chi connectivity index (χ2n) is 6.78. The number of anilines is 1. The fourth-order valence-corrected chi connectivity index (χ4v) is 3.24. The maximum Gasteiger partial charge on any atom is 0.449 e. The zero-order valence-corrected chi connectivity index (χ0v) is 16.0. The smallest absolute Gasteiger partial charge is 0.449 e. The molecule has 31 heavy (non-hydrogen) atoms. The van der Waals surface area contributed by atoms with E-state index in [9.17, 15) is 22.8 Å². The number of carbonyl (C=O) groups excluding carboxylic acids is 2. The van der Waals surface area contributed by atoms with Gasteiger partial charge in [0.05, 0.1) is 11.0 Å². The van der Waals surface area contributed by atoms with Crippen LogP contribution in [0.15, 0.2) is 66.7 Å². The van der Waals surface area contributed by atoms with E-state index in [4.69, 9.17) is 4.74 Å². The van der Waals surface area contributed by atoms with Crippen LogP contribution in [0.2, 0.25) is 0 Å². The molecule has 158 valence electrons. The van der Waals surface area contributed by atoms with Crippen LogP contribution in [0.1, 0.15) is 5.82 Å². The number of hydrogen-bond donors (Lipinski definition) is 1. The Morgan fingerprint density at radius 2 is 1.68 bits per heavy atom. The number of rotatable bonds is 5. The highest BCUT2D eigenvalue weighted by atomic mass is 19.4. The van der Waals surface area contributed by atoms with E-state index in [2.05, 4.69) is 10.3 Å².